The molecule has 4 heteroatoms. The number of methoxy groups -OCH3 is 1. The highest BCUT2D eigenvalue weighted by Gasteiger charge is 1.96. The normalized spacial score (nSPS) is 10.0. The van der Waals surface area contributed by atoms with Crippen molar-refractivity contribution in [2.45, 2.75) is 0 Å². The maximum absolute atomic E-state index is 5.45. The Hall–Kier alpha value is -1.26. The number of ether oxygens (including phenoxy) is 3. The van der Waals surface area contributed by atoms with Crippen molar-refractivity contribution in [1.29, 1.82) is 0 Å². The van der Waals surface area contributed by atoms with Gasteiger partial charge in [0.05, 0.1) is 20.3 Å². The van der Waals surface area contributed by atoms with Crippen molar-refractivity contribution in [2.24, 2.45) is 5.73 Å². The summed E-state index contributed by atoms with van der Waals surface area (Å²) in [5.41, 5.74) is 5.28. The van der Waals surface area contributed by atoms with E-state index in [0.29, 0.717) is 26.4 Å². The molecule has 0 aromatic heterocycles. The predicted molar refractivity (Wildman–Crippen MR) is 58.4 cm³/mol. The minimum absolute atomic E-state index is 0.521. The molecule has 0 aliphatic rings. The molecule has 0 heterocycles. The Morgan fingerprint density at radius 2 is 1.93 bits per heavy atom. The molecule has 0 fully saturated rings. The molecule has 0 amide bonds. The standard InChI is InChI=1S/C11H17NO3/c1-13-10-3-2-4-11(9-10)15-8-7-14-6-5-12/h2-4,9H,5-8,12H2,1H3. The molecule has 0 bridgehead atoms. The fourth-order valence-electron chi connectivity index (χ4n) is 1.09. The second-order valence-corrected chi connectivity index (χ2v) is 2.93. The van der Waals surface area contributed by atoms with E-state index in [9.17, 15) is 0 Å². The van der Waals surface area contributed by atoms with E-state index in [4.69, 9.17) is 19.9 Å². The van der Waals surface area contributed by atoms with Crippen LogP contribution in [0.15, 0.2) is 24.3 Å². The van der Waals surface area contributed by atoms with E-state index in [1.807, 2.05) is 24.3 Å². The molecule has 2 N–H and O–H groups in total. The van der Waals surface area contributed by atoms with Gasteiger partial charge in [0.2, 0.25) is 0 Å². The van der Waals surface area contributed by atoms with Gasteiger partial charge in [0, 0.05) is 12.6 Å². The molecule has 0 aliphatic carbocycles. The smallest absolute Gasteiger partial charge is 0.123 e. The lowest BCUT2D eigenvalue weighted by atomic mass is 10.3. The Bertz CT molecular complexity index is 278. The summed E-state index contributed by atoms with van der Waals surface area (Å²) in [5, 5.41) is 0. The quantitative estimate of drug-likeness (QED) is 0.685. The van der Waals surface area contributed by atoms with Crippen LogP contribution in [0, 0.1) is 0 Å². The average Bonchev–Trinajstić information content (AvgIpc) is 2.29. The van der Waals surface area contributed by atoms with E-state index in [0.717, 1.165) is 11.5 Å². The van der Waals surface area contributed by atoms with E-state index >= 15 is 0 Å². The van der Waals surface area contributed by atoms with Gasteiger partial charge >= 0.3 is 0 Å². The lowest BCUT2D eigenvalue weighted by Gasteiger charge is -2.07. The van der Waals surface area contributed by atoms with E-state index in [-0.39, 0.29) is 0 Å². The molecule has 84 valence electrons. The third kappa shape index (κ3) is 4.67. The first-order valence-electron chi connectivity index (χ1n) is 4.91. The van der Waals surface area contributed by atoms with Gasteiger partial charge in [-0.15, -0.1) is 0 Å². The highest BCUT2D eigenvalue weighted by Crippen LogP contribution is 2.18. The van der Waals surface area contributed by atoms with E-state index < -0.39 is 0 Å². The first kappa shape index (κ1) is 11.8. The first-order valence-corrected chi connectivity index (χ1v) is 4.91. The largest absolute Gasteiger partial charge is 0.497 e. The van der Waals surface area contributed by atoms with Gasteiger partial charge < -0.3 is 19.9 Å². The van der Waals surface area contributed by atoms with Crippen molar-refractivity contribution >= 4 is 0 Å². The Labute approximate surface area is 89.9 Å². The maximum Gasteiger partial charge on any atom is 0.123 e. The fraction of sp³-hybridized carbons (Fsp3) is 0.455. The molecule has 0 unspecified atom stereocenters. The Morgan fingerprint density at radius 1 is 1.13 bits per heavy atom. The molecular weight excluding hydrogens is 194 g/mol. The van der Waals surface area contributed by atoms with Crippen LogP contribution in [0.3, 0.4) is 0 Å². The zero-order valence-electron chi connectivity index (χ0n) is 8.94. The van der Waals surface area contributed by atoms with Crippen LogP contribution >= 0.6 is 0 Å². The highest BCUT2D eigenvalue weighted by molar-refractivity contribution is 5.32. The zero-order chi connectivity index (χ0) is 10.9. The summed E-state index contributed by atoms with van der Waals surface area (Å²) in [4.78, 5) is 0. The molecule has 0 spiro atoms. The van der Waals surface area contributed by atoms with Gasteiger partial charge in [-0.05, 0) is 12.1 Å². The van der Waals surface area contributed by atoms with Crippen molar-refractivity contribution in [3.05, 3.63) is 24.3 Å². The Balaban J connectivity index is 2.24. The third-order valence-corrected chi connectivity index (χ3v) is 1.80. The van der Waals surface area contributed by atoms with Gasteiger partial charge in [0.15, 0.2) is 0 Å². The maximum atomic E-state index is 5.45. The second-order valence-electron chi connectivity index (χ2n) is 2.93. The fourth-order valence-corrected chi connectivity index (χ4v) is 1.09. The van der Waals surface area contributed by atoms with Crippen molar-refractivity contribution in [2.75, 3.05) is 33.5 Å². The van der Waals surface area contributed by atoms with Crippen molar-refractivity contribution in [1.82, 2.24) is 0 Å². The first-order chi connectivity index (χ1) is 7.36. The van der Waals surface area contributed by atoms with Crippen LogP contribution in [0.1, 0.15) is 0 Å². The van der Waals surface area contributed by atoms with Crippen molar-refractivity contribution in [3.8, 4) is 11.5 Å². The molecular formula is C11H17NO3. The van der Waals surface area contributed by atoms with Gasteiger partial charge in [0.25, 0.3) is 0 Å². The van der Waals surface area contributed by atoms with Crippen LogP contribution in [0.5, 0.6) is 11.5 Å². The zero-order valence-corrected chi connectivity index (χ0v) is 8.94. The lowest BCUT2D eigenvalue weighted by molar-refractivity contribution is 0.106. The minimum Gasteiger partial charge on any atom is -0.497 e. The van der Waals surface area contributed by atoms with E-state index in [1.165, 1.54) is 0 Å². The van der Waals surface area contributed by atoms with E-state index in [2.05, 4.69) is 0 Å². The molecule has 0 atom stereocenters. The predicted octanol–water partition coefficient (Wildman–Crippen LogP) is 1.05. The topological polar surface area (TPSA) is 53.7 Å². The number of hydrogen-bond donors (Lipinski definition) is 1. The summed E-state index contributed by atoms with van der Waals surface area (Å²) >= 11 is 0. The summed E-state index contributed by atoms with van der Waals surface area (Å²) in [6, 6.07) is 7.47. The van der Waals surface area contributed by atoms with Crippen LogP contribution in [-0.2, 0) is 4.74 Å². The molecule has 0 saturated carbocycles. The second kappa shape index (κ2) is 7.09. The number of benzene rings is 1. The minimum atomic E-state index is 0.521. The lowest BCUT2D eigenvalue weighted by Crippen LogP contribution is -2.13. The third-order valence-electron chi connectivity index (χ3n) is 1.80. The van der Waals surface area contributed by atoms with Crippen LogP contribution in [0.2, 0.25) is 0 Å². The molecule has 4 nitrogen and oxygen atoms in total. The summed E-state index contributed by atoms with van der Waals surface area (Å²) in [5.74, 6) is 1.57. The highest BCUT2D eigenvalue weighted by atomic mass is 16.5. The molecule has 15 heavy (non-hydrogen) atoms. The van der Waals surface area contributed by atoms with Gasteiger partial charge in [-0.2, -0.15) is 0 Å². The summed E-state index contributed by atoms with van der Waals surface area (Å²) < 4.78 is 15.7. The Kier molecular flexibility index (Phi) is 5.58. The Morgan fingerprint density at radius 3 is 2.67 bits per heavy atom. The summed E-state index contributed by atoms with van der Waals surface area (Å²) in [7, 11) is 1.63. The van der Waals surface area contributed by atoms with Crippen LogP contribution in [0.25, 0.3) is 0 Å². The number of nitrogens with two attached hydrogens (primary N) is 1. The van der Waals surface area contributed by atoms with Crippen molar-refractivity contribution in [3.63, 3.8) is 0 Å². The van der Waals surface area contributed by atoms with E-state index in [1.54, 1.807) is 7.11 Å². The average molecular weight is 211 g/mol. The molecule has 0 aliphatic heterocycles. The summed E-state index contributed by atoms with van der Waals surface area (Å²) in [6.45, 7) is 2.18. The molecule has 1 aromatic carbocycles. The molecule has 1 aromatic rings. The number of rotatable bonds is 7. The van der Waals surface area contributed by atoms with Gasteiger partial charge in [-0.25, -0.2) is 0 Å². The van der Waals surface area contributed by atoms with Crippen LogP contribution in [-0.4, -0.2) is 33.5 Å². The number of hydrogen-bond acceptors (Lipinski definition) is 4. The SMILES string of the molecule is COc1cccc(OCCOCCN)c1. The summed E-state index contributed by atoms with van der Waals surface area (Å²) in [6.07, 6.45) is 0. The van der Waals surface area contributed by atoms with Crippen LogP contribution in [0.4, 0.5) is 0 Å². The van der Waals surface area contributed by atoms with Crippen molar-refractivity contribution < 1.29 is 14.2 Å². The molecule has 0 radical (unpaired) electrons. The van der Waals surface area contributed by atoms with Gasteiger partial charge in [0.1, 0.15) is 18.1 Å². The molecule has 1 rings (SSSR count). The van der Waals surface area contributed by atoms with Crippen LogP contribution < -0.4 is 15.2 Å². The van der Waals surface area contributed by atoms with Gasteiger partial charge in [-0.3, -0.25) is 0 Å². The monoisotopic (exact) mass is 211 g/mol. The van der Waals surface area contributed by atoms with Gasteiger partial charge in [-0.1, -0.05) is 6.07 Å². The molecule has 0 saturated heterocycles.